The summed E-state index contributed by atoms with van der Waals surface area (Å²) in [4.78, 5) is 23.8. The first kappa shape index (κ1) is 12.7. The number of hydrogen-bond acceptors (Lipinski definition) is 7. The van der Waals surface area contributed by atoms with Gasteiger partial charge < -0.3 is 10.2 Å². The molecule has 1 N–H and O–H groups in total. The predicted molar refractivity (Wildman–Crippen MR) is 76.5 cm³/mol. The summed E-state index contributed by atoms with van der Waals surface area (Å²) < 4.78 is 0. The van der Waals surface area contributed by atoms with E-state index in [9.17, 15) is 0 Å². The van der Waals surface area contributed by atoms with Gasteiger partial charge in [0.15, 0.2) is 5.82 Å². The Morgan fingerprint density at radius 1 is 1.05 bits per heavy atom. The molecule has 1 saturated heterocycles. The summed E-state index contributed by atoms with van der Waals surface area (Å²) in [6.07, 6.45) is 8.57. The second kappa shape index (κ2) is 5.77. The standard InChI is InChI=1S/C13H17N7/c1-14-12-17-11(10-9-15-5-6-16-10)18-13(19-12)20-7-3-2-4-8-20/h5-6,9H,2-4,7-8H2,1H3,(H,14,17,18,19). The molecule has 2 aromatic rings. The van der Waals surface area contributed by atoms with Gasteiger partial charge in [-0.1, -0.05) is 0 Å². The van der Waals surface area contributed by atoms with E-state index in [1.165, 1.54) is 19.3 Å². The van der Waals surface area contributed by atoms with Crippen LogP contribution in [-0.2, 0) is 0 Å². The molecule has 0 bridgehead atoms. The van der Waals surface area contributed by atoms with E-state index in [2.05, 4.69) is 35.1 Å². The normalized spacial score (nSPS) is 15.2. The zero-order chi connectivity index (χ0) is 13.8. The number of nitrogens with one attached hydrogen (secondary N) is 1. The highest BCUT2D eigenvalue weighted by molar-refractivity contribution is 5.52. The SMILES string of the molecule is CNc1nc(-c2cnccn2)nc(N2CCCCC2)n1. The first-order valence-corrected chi connectivity index (χ1v) is 6.82. The fourth-order valence-corrected chi connectivity index (χ4v) is 2.24. The second-order valence-corrected chi connectivity index (χ2v) is 4.67. The molecule has 2 aromatic heterocycles. The lowest BCUT2D eigenvalue weighted by Gasteiger charge is -2.26. The van der Waals surface area contributed by atoms with Gasteiger partial charge in [-0.25, -0.2) is 4.98 Å². The molecule has 3 rings (SSSR count). The lowest BCUT2D eigenvalue weighted by molar-refractivity contribution is 0.568. The first-order valence-electron chi connectivity index (χ1n) is 6.82. The van der Waals surface area contributed by atoms with Gasteiger partial charge in [-0.05, 0) is 19.3 Å². The van der Waals surface area contributed by atoms with E-state index in [0.29, 0.717) is 23.4 Å². The Labute approximate surface area is 117 Å². The summed E-state index contributed by atoms with van der Waals surface area (Å²) in [5.74, 6) is 1.82. The Kier molecular flexibility index (Phi) is 3.67. The third kappa shape index (κ3) is 2.66. The molecule has 7 nitrogen and oxygen atoms in total. The van der Waals surface area contributed by atoms with Crippen molar-refractivity contribution in [3.63, 3.8) is 0 Å². The molecule has 0 unspecified atom stereocenters. The predicted octanol–water partition coefficient (Wildman–Crippen LogP) is 1.36. The van der Waals surface area contributed by atoms with Crippen molar-refractivity contribution in [2.75, 3.05) is 30.4 Å². The monoisotopic (exact) mass is 271 g/mol. The maximum absolute atomic E-state index is 4.54. The molecule has 1 aliphatic heterocycles. The molecule has 0 aromatic carbocycles. The van der Waals surface area contributed by atoms with Gasteiger partial charge in [0, 0.05) is 32.5 Å². The largest absolute Gasteiger partial charge is 0.357 e. The average Bonchev–Trinajstić information content (AvgIpc) is 2.56. The van der Waals surface area contributed by atoms with Gasteiger partial charge in [0.05, 0.1) is 6.20 Å². The Bertz CT molecular complexity index is 566. The maximum Gasteiger partial charge on any atom is 0.230 e. The first-order chi connectivity index (χ1) is 9.86. The minimum absolute atomic E-state index is 0.554. The molecule has 0 saturated carbocycles. The van der Waals surface area contributed by atoms with Crippen molar-refractivity contribution in [1.29, 1.82) is 0 Å². The number of hydrogen-bond donors (Lipinski definition) is 1. The van der Waals surface area contributed by atoms with Crippen LogP contribution in [0, 0.1) is 0 Å². The summed E-state index contributed by atoms with van der Waals surface area (Å²) >= 11 is 0. The Morgan fingerprint density at radius 3 is 2.60 bits per heavy atom. The van der Waals surface area contributed by atoms with Crippen LogP contribution < -0.4 is 10.2 Å². The molecule has 3 heterocycles. The van der Waals surface area contributed by atoms with Crippen molar-refractivity contribution < 1.29 is 0 Å². The van der Waals surface area contributed by atoms with Crippen LogP contribution >= 0.6 is 0 Å². The van der Waals surface area contributed by atoms with Gasteiger partial charge >= 0.3 is 0 Å². The Morgan fingerprint density at radius 2 is 1.90 bits per heavy atom. The van der Waals surface area contributed by atoms with Gasteiger partial charge in [-0.2, -0.15) is 15.0 Å². The Balaban J connectivity index is 1.98. The van der Waals surface area contributed by atoms with Gasteiger partial charge in [-0.3, -0.25) is 4.98 Å². The number of rotatable bonds is 3. The molecule has 0 amide bonds. The van der Waals surface area contributed by atoms with Gasteiger partial charge in [0.25, 0.3) is 0 Å². The van der Waals surface area contributed by atoms with Crippen molar-refractivity contribution in [2.45, 2.75) is 19.3 Å². The molecule has 20 heavy (non-hydrogen) atoms. The van der Waals surface area contributed by atoms with Crippen LogP contribution in [0.5, 0.6) is 0 Å². The molecule has 0 atom stereocenters. The van der Waals surface area contributed by atoms with Gasteiger partial charge in [0.2, 0.25) is 11.9 Å². The third-order valence-corrected chi connectivity index (χ3v) is 3.28. The smallest absolute Gasteiger partial charge is 0.230 e. The molecular weight excluding hydrogens is 254 g/mol. The molecule has 104 valence electrons. The van der Waals surface area contributed by atoms with E-state index >= 15 is 0 Å². The topological polar surface area (TPSA) is 79.7 Å². The lowest BCUT2D eigenvalue weighted by Crippen LogP contribution is -2.31. The number of anilines is 2. The second-order valence-electron chi connectivity index (χ2n) is 4.67. The Hall–Kier alpha value is -2.31. The van der Waals surface area contributed by atoms with Crippen LogP contribution in [0.25, 0.3) is 11.5 Å². The van der Waals surface area contributed by atoms with E-state index in [1.54, 1.807) is 25.6 Å². The van der Waals surface area contributed by atoms with Gasteiger partial charge in [-0.15, -0.1) is 0 Å². The molecule has 1 fully saturated rings. The number of piperidine rings is 1. The van der Waals surface area contributed by atoms with Crippen LogP contribution in [0.2, 0.25) is 0 Å². The van der Waals surface area contributed by atoms with Crippen LogP contribution in [0.1, 0.15) is 19.3 Å². The zero-order valence-corrected chi connectivity index (χ0v) is 11.5. The highest BCUT2D eigenvalue weighted by Gasteiger charge is 2.16. The van der Waals surface area contributed by atoms with E-state index in [1.807, 2.05) is 0 Å². The van der Waals surface area contributed by atoms with Crippen molar-refractivity contribution in [3.05, 3.63) is 18.6 Å². The van der Waals surface area contributed by atoms with E-state index < -0.39 is 0 Å². The molecule has 0 spiro atoms. The van der Waals surface area contributed by atoms with Crippen molar-refractivity contribution in [1.82, 2.24) is 24.9 Å². The highest BCUT2D eigenvalue weighted by Crippen LogP contribution is 2.20. The van der Waals surface area contributed by atoms with Crippen LogP contribution in [-0.4, -0.2) is 45.1 Å². The minimum Gasteiger partial charge on any atom is -0.357 e. The fourth-order valence-electron chi connectivity index (χ4n) is 2.24. The van der Waals surface area contributed by atoms with Crippen molar-refractivity contribution >= 4 is 11.9 Å². The highest BCUT2D eigenvalue weighted by atomic mass is 15.3. The molecule has 0 radical (unpaired) electrons. The van der Waals surface area contributed by atoms with Crippen molar-refractivity contribution in [2.24, 2.45) is 0 Å². The van der Waals surface area contributed by atoms with Crippen molar-refractivity contribution in [3.8, 4) is 11.5 Å². The van der Waals surface area contributed by atoms with E-state index in [-0.39, 0.29) is 0 Å². The number of aromatic nitrogens is 5. The van der Waals surface area contributed by atoms with Crippen LogP contribution in [0.4, 0.5) is 11.9 Å². The zero-order valence-electron chi connectivity index (χ0n) is 11.5. The molecule has 0 aliphatic carbocycles. The maximum atomic E-state index is 4.54. The minimum atomic E-state index is 0.554. The van der Waals surface area contributed by atoms with Crippen LogP contribution in [0.3, 0.4) is 0 Å². The van der Waals surface area contributed by atoms with E-state index in [0.717, 1.165) is 13.1 Å². The molecule has 7 heteroatoms. The molecule has 1 aliphatic rings. The summed E-state index contributed by atoms with van der Waals surface area (Å²) in [7, 11) is 1.80. The molecular formula is C13H17N7. The lowest BCUT2D eigenvalue weighted by atomic mass is 10.1. The summed E-state index contributed by atoms with van der Waals surface area (Å²) in [6.45, 7) is 1.99. The summed E-state index contributed by atoms with van der Waals surface area (Å²) in [5.41, 5.74) is 0.657. The summed E-state index contributed by atoms with van der Waals surface area (Å²) in [6, 6.07) is 0. The van der Waals surface area contributed by atoms with Gasteiger partial charge in [0.1, 0.15) is 5.69 Å². The third-order valence-electron chi connectivity index (χ3n) is 3.28. The van der Waals surface area contributed by atoms with E-state index in [4.69, 9.17) is 0 Å². The van der Waals surface area contributed by atoms with Crippen LogP contribution in [0.15, 0.2) is 18.6 Å². The average molecular weight is 271 g/mol. The number of nitrogens with zero attached hydrogens (tertiary/aromatic N) is 6. The quantitative estimate of drug-likeness (QED) is 0.902. The summed E-state index contributed by atoms with van der Waals surface area (Å²) in [5, 5.41) is 2.98. The fraction of sp³-hybridized carbons (Fsp3) is 0.462.